The van der Waals surface area contributed by atoms with Gasteiger partial charge in [-0.2, -0.15) is 0 Å². The second-order valence-electron chi connectivity index (χ2n) is 5.65. The fraction of sp³-hybridized carbons (Fsp3) is 0.278. The molecule has 1 aliphatic heterocycles. The van der Waals surface area contributed by atoms with Gasteiger partial charge in [-0.1, -0.05) is 19.1 Å². The molecule has 0 saturated heterocycles. The average Bonchev–Trinajstić information content (AvgIpc) is 2.55. The molecule has 0 aliphatic carbocycles. The van der Waals surface area contributed by atoms with Crippen molar-refractivity contribution in [2.24, 2.45) is 0 Å². The van der Waals surface area contributed by atoms with E-state index in [2.05, 4.69) is 15.6 Å². The molecule has 2 heterocycles. The summed E-state index contributed by atoms with van der Waals surface area (Å²) in [6.45, 7) is 2.03. The third kappa shape index (κ3) is 3.56. The molecule has 0 bridgehead atoms. The fourth-order valence-corrected chi connectivity index (χ4v) is 2.76. The molecule has 118 valence electrons. The molecule has 0 saturated carbocycles. The number of hydrogen-bond acceptors (Lipinski definition) is 3. The highest BCUT2D eigenvalue weighted by Crippen LogP contribution is 2.24. The zero-order valence-corrected chi connectivity index (χ0v) is 13.1. The molecule has 0 atom stereocenters. The Labute approximate surface area is 135 Å². The summed E-state index contributed by atoms with van der Waals surface area (Å²) in [7, 11) is 0. The summed E-state index contributed by atoms with van der Waals surface area (Å²) in [6.07, 6.45) is 5.81. The molecule has 0 spiro atoms. The molecule has 2 amide bonds. The smallest absolute Gasteiger partial charge is 0.228 e. The molecule has 0 radical (unpaired) electrons. The molecule has 1 aromatic heterocycles. The first-order valence-electron chi connectivity index (χ1n) is 7.80. The van der Waals surface area contributed by atoms with Crippen LogP contribution in [0.25, 0.3) is 0 Å². The van der Waals surface area contributed by atoms with Gasteiger partial charge >= 0.3 is 0 Å². The minimum atomic E-state index is -0.0503. The van der Waals surface area contributed by atoms with Crippen LogP contribution in [-0.4, -0.2) is 16.8 Å². The van der Waals surface area contributed by atoms with Crippen LogP contribution in [-0.2, 0) is 28.9 Å². The molecule has 23 heavy (non-hydrogen) atoms. The highest BCUT2D eigenvalue weighted by Gasteiger charge is 2.15. The molecule has 0 fully saturated rings. The Morgan fingerprint density at radius 3 is 3.00 bits per heavy atom. The van der Waals surface area contributed by atoms with Crippen LogP contribution in [0.3, 0.4) is 0 Å². The van der Waals surface area contributed by atoms with Gasteiger partial charge in [0.1, 0.15) is 0 Å². The van der Waals surface area contributed by atoms with Gasteiger partial charge in [0, 0.05) is 30.2 Å². The molecule has 5 nitrogen and oxygen atoms in total. The number of aryl methyl sites for hydroxylation is 2. The lowest BCUT2D eigenvalue weighted by atomic mass is 9.99. The maximum absolute atomic E-state index is 12.3. The Morgan fingerprint density at radius 1 is 1.30 bits per heavy atom. The second kappa shape index (κ2) is 6.60. The lowest BCUT2D eigenvalue weighted by Crippen LogP contribution is -2.20. The van der Waals surface area contributed by atoms with E-state index in [1.54, 1.807) is 12.4 Å². The minimum Gasteiger partial charge on any atom is -0.326 e. The topological polar surface area (TPSA) is 71.1 Å². The van der Waals surface area contributed by atoms with Gasteiger partial charge in [0.15, 0.2) is 0 Å². The van der Waals surface area contributed by atoms with Crippen molar-refractivity contribution in [2.75, 3.05) is 10.6 Å². The van der Waals surface area contributed by atoms with Crippen LogP contribution in [0, 0.1) is 0 Å². The first kappa shape index (κ1) is 15.2. The summed E-state index contributed by atoms with van der Waals surface area (Å²) < 4.78 is 0. The molecule has 2 aromatic rings. The first-order valence-corrected chi connectivity index (χ1v) is 7.80. The number of fused-ring (bicyclic) bond motifs is 1. The standard InChI is InChI=1S/C18H19N3O2/c1-2-13-11-19-8-7-16(13)21-18(23)10-12-3-5-15-14(9-12)4-6-17(22)20-15/h3,5,7-9,11H,2,4,6,10H2,1H3,(H,20,22)(H,19,21,23). The number of amides is 2. The molecular weight excluding hydrogens is 290 g/mol. The summed E-state index contributed by atoms with van der Waals surface area (Å²) >= 11 is 0. The minimum absolute atomic E-state index is 0.0489. The molecule has 2 N–H and O–H groups in total. The molecule has 0 unspecified atom stereocenters. The Hall–Kier alpha value is -2.69. The highest BCUT2D eigenvalue weighted by molar-refractivity contribution is 5.95. The van der Waals surface area contributed by atoms with Crippen molar-refractivity contribution in [1.29, 1.82) is 0 Å². The molecule has 3 rings (SSSR count). The third-order valence-electron chi connectivity index (χ3n) is 3.99. The van der Waals surface area contributed by atoms with Crippen molar-refractivity contribution in [3.8, 4) is 0 Å². The van der Waals surface area contributed by atoms with Gasteiger partial charge < -0.3 is 10.6 Å². The van der Waals surface area contributed by atoms with Crippen molar-refractivity contribution >= 4 is 23.2 Å². The zero-order chi connectivity index (χ0) is 16.2. The number of nitrogens with zero attached hydrogens (tertiary/aromatic N) is 1. The maximum Gasteiger partial charge on any atom is 0.228 e. The summed E-state index contributed by atoms with van der Waals surface area (Å²) in [6, 6.07) is 7.58. The molecular formula is C18H19N3O2. The summed E-state index contributed by atoms with van der Waals surface area (Å²) in [5, 5.41) is 5.80. The summed E-state index contributed by atoms with van der Waals surface area (Å²) in [5.74, 6) is -0.00142. The number of nitrogens with one attached hydrogen (secondary N) is 2. The van der Waals surface area contributed by atoms with Crippen molar-refractivity contribution < 1.29 is 9.59 Å². The van der Waals surface area contributed by atoms with Crippen LogP contribution in [0.1, 0.15) is 30.0 Å². The number of carbonyl (C=O) groups is 2. The van der Waals surface area contributed by atoms with E-state index in [9.17, 15) is 9.59 Å². The van der Waals surface area contributed by atoms with E-state index in [4.69, 9.17) is 0 Å². The van der Waals surface area contributed by atoms with E-state index >= 15 is 0 Å². The monoisotopic (exact) mass is 309 g/mol. The number of hydrogen-bond donors (Lipinski definition) is 2. The van der Waals surface area contributed by atoms with Crippen LogP contribution < -0.4 is 10.6 Å². The Balaban J connectivity index is 1.70. The predicted octanol–water partition coefficient (Wildman–Crippen LogP) is 2.71. The molecule has 1 aliphatic rings. The van der Waals surface area contributed by atoms with Crippen LogP contribution in [0.4, 0.5) is 11.4 Å². The van der Waals surface area contributed by atoms with Gasteiger partial charge in [-0.25, -0.2) is 0 Å². The van der Waals surface area contributed by atoms with E-state index in [0.29, 0.717) is 12.8 Å². The van der Waals surface area contributed by atoms with Crippen molar-refractivity contribution in [3.63, 3.8) is 0 Å². The number of rotatable bonds is 4. The number of carbonyl (C=O) groups excluding carboxylic acids is 2. The fourth-order valence-electron chi connectivity index (χ4n) is 2.76. The quantitative estimate of drug-likeness (QED) is 0.912. The highest BCUT2D eigenvalue weighted by atomic mass is 16.2. The third-order valence-corrected chi connectivity index (χ3v) is 3.99. The van der Waals surface area contributed by atoms with Crippen LogP contribution in [0.2, 0.25) is 0 Å². The SMILES string of the molecule is CCc1cnccc1NC(=O)Cc1ccc2c(c1)CCC(=O)N2. The van der Waals surface area contributed by atoms with E-state index in [-0.39, 0.29) is 11.8 Å². The molecule has 1 aromatic carbocycles. The lowest BCUT2D eigenvalue weighted by Gasteiger charge is -2.17. The van der Waals surface area contributed by atoms with Crippen LogP contribution in [0.5, 0.6) is 0 Å². The van der Waals surface area contributed by atoms with Gasteiger partial charge in [-0.3, -0.25) is 14.6 Å². The van der Waals surface area contributed by atoms with Crippen LogP contribution >= 0.6 is 0 Å². The lowest BCUT2D eigenvalue weighted by molar-refractivity contribution is -0.117. The summed E-state index contributed by atoms with van der Waals surface area (Å²) in [4.78, 5) is 27.7. The van der Waals surface area contributed by atoms with Gasteiger partial charge in [-0.15, -0.1) is 0 Å². The Bertz CT molecular complexity index is 756. The number of pyridine rings is 1. The van der Waals surface area contributed by atoms with E-state index in [0.717, 1.165) is 40.9 Å². The number of aromatic nitrogens is 1. The van der Waals surface area contributed by atoms with Crippen molar-refractivity contribution in [2.45, 2.75) is 32.6 Å². The average molecular weight is 309 g/mol. The van der Waals surface area contributed by atoms with E-state index in [1.807, 2.05) is 31.2 Å². The number of anilines is 2. The second-order valence-corrected chi connectivity index (χ2v) is 5.65. The largest absolute Gasteiger partial charge is 0.326 e. The van der Waals surface area contributed by atoms with E-state index < -0.39 is 0 Å². The van der Waals surface area contributed by atoms with Gasteiger partial charge in [0.25, 0.3) is 0 Å². The normalized spacial score (nSPS) is 13.2. The zero-order valence-electron chi connectivity index (χ0n) is 13.1. The number of benzene rings is 1. The van der Waals surface area contributed by atoms with Gasteiger partial charge in [0.05, 0.1) is 6.42 Å². The van der Waals surface area contributed by atoms with Crippen LogP contribution in [0.15, 0.2) is 36.7 Å². The predicted molar refractivity (Wildman–Crippen MR) is 89.3 cm³/mol. The van der Waals surface area contributed by atoms with Crippen molar-refractivity contribution in [1.82, 2.24) is 4.98 Å². The first-order chi connectivity index (χ1) is 11.2. The van der Waals surface area contributed by atoms with Crippen molar-refractivity contribution in [3.05, 3.63) is 53.3 Å². The van der Waals surface area contributed by atoms with Gasteiger partial charge in [-0.05, 0) is 41.7 Å². The Morgan fingerprint density at radius 2 is 2.17 bits per heavy atom. The van der Waals surface area contributed by atoms with E-state index in [1.165, 1.54) is 0 Å². The summed E-state index contributed by atoms with van der Waals surface area (Å²) in [5.41, 5.74) is 4.73. The van der Waals surface area contributed by atoms with Gasteiger partial charge in [0.2, 0.25) is 11.8 Å². The Kier molecular flexibility index (Phi) is 4.37. The molecule has 5 heteroatoms. The maximum atomic E-state index is 12.3.